The summed E-state index contributed by atoms with van der Waals surface area (Å²) in [5, 5.41) is 0. The summed E-state index contributed by atoms with van der Waals surface area (Å²) in [5.74, 6) is 0.307. The van der Waals surface area contributed by atoms with Gasteiger partial charge in [-0.15, -0.1) is 0 Å². The van der Waals surface area contributed by atoms with E-state index in [4.69, 9.17) is 4.74 Å². The van der Waals surface area contributed by atoms with Gasteiger partial charge in [0.05, 0.1) is 0 Å². The van der Waals surface area contributed by atoms with Gasteiger partial charge in [-0.05, 0) is 19.8 Å². The van der Waals surface area contributed by atoms with Crippen molar-refractivity contribution in [2.75, 3.05) is 6.61 Å². The molecule has 0 aliphatic heterocycles. The van der Waals surface area contributed by atoms with Crippen LogP contribution in [0.25, 0.3) is 0 Å². The van der Waals surface area contributed by atoms with Gasteiger partial charge in [0.15, 0.2) is 5.78 Å². The molecule has 0 aromatic rings. The number of hydrogen-bond donors (Lipinski definition) is 0. The lowest BCUT2D eigenvalue weighted by molar-refractivity contribution is -0.146. The van der Waals surface area contributed by atoms with E-state index in [1.807, 2.05) is 13.8 Å². The molecule has 0 aromatic carbocycles. The molecule has 1 saturated carbocycles. The maximum Gasteiger partial charge on any atom is 0.164 e. The Morgan fingerprint density at radius 2 is 1.71 bits per heavy atom. The van der Waals surface area contributed by atoms with Crippen LogP contribution in [0.1, 0.15) is 58.8 Å². The van der Waals surface area contributed by atoms with Crippen LogP contribution >= 0.6 is 0 Å². The molecule has 1 aliphatic rings. The van der Waals surface area contributed by atoms with Gasteiger partial charge >= 0.3 is 0 Å². The number of rotatable bonds is 4. The summed E-state index contributed by atoms with van der Waals surface area (Å²) >= 11 is 0. The van der Waals surface area contributed by atoms with E-state index in [0.717, 1.165) is 25.7 Å². The Hall–Kier alpha value is -0.370. The average molecular weight is 198 g/mol. The van der Waals surface area contributed by atoms with Crippen LogP contribution in [0, 0.1) is 0 Å². The Morgan fingerprint density at radius 1 is 1.14 bits per heavy atom. The van der Waals surface area contributed by atoms with E-state index in [0.29, 0.717) is 18.8 Å². The molecule has 0 heterocycles. The van der Waals surface area contributed by atoms with Crippen molar-refractivity contribution in [3.8, 4) is 0 Å². The maximum atomic E-state index is 11.9. The second kappa shape index (κ2) is 5.50. The molecule has 0 atom stereocenters. The van der Waals surface area contributed by atoms with Crippen molar-refractivity contribution in [1.29, 1.82) is 0 Å². The van der Waals surface area contributed by atoms with Gasteiger partial charge < -0.3 is 4.74 Å². The SMILES string of the molecule is CCOC1(C(=O)CC)CCCCCC1. The van der Waals surface area contributed by atoms with Crippen molar-refractivity contribution >= 4 is 5.78 Å². The van der Waals surface area contributed by atoms with Crippen molar-refractivity contribution in [3.05, 3.63) is 0 Å². The monoisotopic (exact) mass is 198 g/mol. The van der Waals surface area contributed by atoms with Crippen LogP contribution in [0.4, 0.5) is 0 Å². The van der Waals surface area contributed by atoms with Gasteiger partial charge in [0.1, 0.15) is 5.60 Å². The van der Waals surface area contributed by atoms with Gasteiger partial charge in [-0.3, -0.25) is 4.79 Å². The minimum Gasteiger partial charge on any atom is -0.368 e. The fourth-order valence-corrected chi connectivity index (χ4v) is 2.40. The zero-order valence-corrected chi connectivity index (χ0v) is 9.47. The van der Waals surface area contributed by atoms with E-state index >= 15 is 0 Å². The third-order valence-electron chi connectivity index (χ3n) is 3.16. The number of Topliss-reactive ketones (excluding diaryl/α,β-unsaturated/α-hetero) is 1. The first kappa shape index (κ1) is 11.7. The minimum absolute atomic E-state index is 0.307. The fourth-order valence-electron chi connectivity index (χ4n) is 2.40. The standard InChI is InChI=1S/C12H22O2/c1-3-11(13)12(14-4-2)9-7-5-6-8-10-12/h3-10H2,1-2H3. The molecule has 0 amide bonds. The highest BCUT2D eigenvalue weighted by Crippen LogP contribution is 2.32. The van der Waals surface area contributed by atoms with E-state index in [2.05, 4.69) is 0 Å². The zero-order chi connectivity index (χ0) is 10.4. The third kappa shape index (κ3) is 2.57. The van der Waals surface area contributed by atoms with E-state index in [1.54, 1.807) is 0 Å². The van der Waals surface area contributed by atoms with Crippen molar-refractivity contribution in [2.24, 2.45) is 0 Å². The Balaban J connectivity index is 2.71. The molecule has 0 unspecified atom stereocenters. The van der Waals surface area contributed by atoms with Gasteiger partial charge in [0.25, 0.3) is 0 Å². The van der Waals surface area contributed by atoms with Gasteiger partial charge in [-0.2, -0.15) is 0 Å². The molecule has 0 spiro atoms. The van der Waals surface area contributed by atoms with Crippen molar-refractivity contribution in [1.82, 2.24) is 0 Å². The average Bonchev–Trinajstić information content (AvgIpc) is 2.44. The Bertz CT molecular complexity index is 179. The van der Waals surface area contributed by atoms with Crippen LogP contribution in [0.2, 0.25) is 0 Å². The number of carbonyl (C=O) groups is 1. The van der Waals surface area contributed by atoms with Crippen molar-refractivity contribution in [3.63, 3.8) is 0 Å². The molecule has 0 saturated heterocycles. The normalized spacial score (nSPS) is 21.6. The molecule has 1 aliphatic carbocycles. The van der Waals surface area contributed by atoms with Crippen LogP contribution < -0.4 is 0 Å². The topological polar surface area (TPSA) is 26.3 Å². The summed E-state index contributed by atoms with van der Waals surface area (Å²) < 4.78 is 5.75. The molecule has 0 aromatic heterocycles. The largest absolute Gasteiger partial charge is 0.368 e. The molecular weight excluding hydrogens is 176 g/mol. The Labute approximate surface area is 87.0 Å². The molecule has 1 rings (SSSR count). The summed E-state index contributed by atoms with van der Waals surface area (Å²) in [6, 6.07) is 0. The smallest absolute Gasteiger partial charge is 0.164 e. The molecule has 0 N–H and O–H groups in total. The summed E-state index contributed by atoms with van der Waals surface area (Å²) in [7, 11) is 0. The van der Waals surface area contributed by atoms with Gasteiger partial charge in [0, 0.05) is 13.0 Å². The highest BCUT2D eigenvalue weighted by molar-refractivity contribution is 5.87. The third-order valence-corrected chi connectivity index (χ3v) is 3.16. The van der Waals surface area contributed by atoms with Crippen LogP contribution in [0.5, 0.6) is 0 Å². The molecule has 2 nitrogen and oxygen atoms in total. The van der Waals surface area contributed by atoms with Gasteiger partial charge in [-0.25, -0.2) is 0 Å². The van der Waals surface area contributed by atoms with E-state index < -0.39 is 5.60 Å². The summed E-state index contributed by atoms with van der Waals surface area (Å²) in [4.78, 5) is 11.9. The molecule has 0 bridgehead atoms. The lowest BCUT2D eigenvalue weighted by atomic mass is 9.88. The first-order chi connectivity index (χ1) is 6.75. The van der Waals surface area contributed by atoms with Crippen LogP contribution in [-0.2, 0) is 9.53 Å². The molecule has 82 valence electrons. The second-order valence-electron chi connectivity index (χ2n) is 4.12. The molecular formula is C12H22O2. The predicted molar refractivity (Wildman–Crippen MR) is 57.4 cm³/mol. The van der Waals surface area contributed by atoms with Crippen molar-refractivity contribution in [2.45, 2.75) is 64.4 Å². The fraction of sp³-hybridized carbons (Fsp3) is 0.917. The highest BCUT2D eigenvalue weighted by atomic mass is 16.5. The Kier molecular flexibility index (Phi) is 4.59. The lowest BCUT2D eigenvalue weighted by Crippen LogP contribution is -2.40. The minimum atomic E-state index is -0.417. The van der Waals surface area contributed by atoms with Crippen molar-refractivity contribution < 1.29 is 9.53 Å². The van der Waals surface area contributed by atoms with E-state index in [-0.39, 0.29) is 0 Å². The quantitative estimate of drug-likeness (QED) is 0.649. The summed E-state index contributed by atoms with van der Waals surface area (Å²) in [6.07, 6.45) is 7.29. The first-order valence-corrected chi connectivity index (χ1v) is 5.92. The molecule has 2 heteroatoms. The number of ether oxygens (including phenoxy) is 1. The number of carbonyl (C=O) groups excluding carboxylic acids is 1. The molecule has 14 heavy (non-hydrogen) atoms. The number of ketones is 1. The van der Waals surface area contributed by atoms with Crippen LogP contribution in [0.3, 0.4) is 0 Å². The van der Waals surface area contributed by atoms with Crippen LogP contribution in [0.15, 0.2) is 0 Å². The second-order valence-corrected chi connectivity index (χ2v) is 4.12. The number of hydrogen-bond acceptors (Lipinski definition) is 2. The Morgan fingerprint density at radius 3 is 2.14 bits per heavy atom. The highest BCUT2D eigenvalue weighted by Gasteiger charge is 2.37. The van der Waals surface area contributed by atoms with E-state index in [9.17, 15) is 4.79 Å². The molecule has 0 radical (unpaired) electrons. The van der Waals surface area contributed by atoms with Crippen LogP contribution in [-0.4, -0.2) is 18.0 Å². The lowest BCUT2D eigenvalue weighted by Gasteiger charge is -2.30. The zero-order valence-electron chi connectivity index (χ0n) is 9.47. The van der Waals surface area contributed by atoms with Gasteiger partial charge in [-0.1, -0.05) is 32.6 Å². The first-order valence-electron chi connectivity index (χ1n) is 5.92. The summed E-state index contributed by atoms with van der Waals surface area (Å²) in [6.45, 7) is 4.58. The summed E-state index contributed by atoms with van der Waals surface area (Å²) in [5.41, 5.74) is -0.417. The maximum absolute atomic E-state index is 11.9. The van der Waals surface area contributed by atoms with Gasteiger partial charge in [0.2, 0.25) is 0 Å². The molecule has 1 fully saturated rings. The van der Waals surface area contributed by atoms with E-state index in [1.165, 1.54) is 12.8 Å². The predicted octanol–water partition coefficient (Wildman–Crippen LogP) is 3.10.